The second kappa shape index (κ2) is 9.28. The van der Waals surface area contributed by atoms with Gasteiger partial charge in [-0.05, 0) is 18.4 Å². The highest BCUT2D eigenvalue weighted by molar-refractivity contribution is 5.67. The number of benzene rings is 1. The van der Waals surface area contributed by atoms with E-state index in [9.17, 15) is 13.6 Å². The van der Waals surface area contributed by atoms with Crippen LogP contribution in [-0.4, -0.2) is 25.5 Å². The van der Waals surface area contributed by atoms with E-state index in [4.69, 9.17) is 4.74 Å². The summed E-state index contributed by atoms with van der Waals surface area (Å²) in [7, 11) is 0.500. The molecule has 1 aliphatic rings. The second-order valence-electron chi connectivity index (χ2n) is 4.61. The van der Waals surface area contributed by atoms with Gasteiger partial charge in [-0.25, -0.2) is 9.18 Å². The summed E-state index contributed by atoms with van der Waals surface area (Å²) < 4.78 is 28.1. The molecule has 0 heterocycles. The van der Waals surface area contributed by atoms with Gasteiger partial charge in [0.2, 0.25) is 0 Å². The molecule has 2 rings (SSSR count). The maximum absolute atomic E-state index is 13.5. The molecule has 5 heteroatoms. The van der Waals surface area contributed by atoms with Crippen molar-refractivity contribution in [2.24, 2.45) is 0 Å². The normalized spacial score (nSPS) is 21.4. The number of alkyl carbamates (subject to hydrolysis) is 1. The minimum atomic E-state index is -0.942. The van der Waals surface area contributed by atoms with Crippen LogP contribution < -0.4 is 5.32 Å². The summed E-state index contributed by atoms with van der Waals surface area (Å²) in [4.78, 5) is 11.5. The average molecular weight is 285 g/mol. The summed E-state index contributed by atoms with van der Waals surface area (Å²) in [6.45, 7) is 0.219. The van der Waals surface area contributed by atoms with Gasteiger partial charge in [-0.1, -0.05) is 43.2 Å². The lowest BCUT2D eigenvalue weighted by molar-refractivity contribution is 0.119. The summed E-state index contributed by atoms with van der Waals surface area (Å²) in [6.07, 6.45) is 1.62. The van der Waals surface area contributed by atoms with Gasteiger partial charge in [0.05, 0.1) is 13.2 Å². The molecule has 1 amide bonds. The molecule has 3 nitrogen and oxygen atoms in total. The predicted molar refractivity (Wildman–Crippen MR) is 73.9 cm³/mol. The predicted octanol–water partition coefficient (Wildman–Crippen LogP) is 3.78. The van der Waals surface area contributed by atoms with Crippen LogP contribution in [0, 0.1) is 0 Å². The number of nitrogens with one attached hydrogen (secondary N) is 1. The van der Waals surface area contributed by atoms with Crippen molar-refractivity contribution in [3.05, 3.63) is 35.9 Å². The quantitative estimate of drug-likeness (QED) is 0.917. The Labute approximate surface area is 118 Å². The number of amides is 1. The van der Waals surface area contributed by atoms with E-state index in [-0.39, 0.29) is 12.6 Å². The van der Waals surface area contributed by atoms with E-state index in [2.05, 4.69) is 5.32 Å². The van der Waals surface area contributed by atoms with Gasteiger partial charge in [0.1, 0.15) is 12.8 Å². The molecule has 0 saturated heterocycles. The van der Waals surface area contributed by atoms with Crippen LogP contribution >= 0.6 is 0 Å². The summed E-state index contributed by atoms with van der Waals surface area (Å²) in [5.41, 5.74) is 0.924. The number of rotatable bonds is 3. The fraction of sp³-hybridized carbons (Fsp3) is 0.533. The van der Waals surface area contributed by atoms with Crippen molar-refractivity contribution in [1.29, 1.82) is 0 Å². The summed E-state index contributed by atoms with van der Waals surface area (Å²) in [6, 6.07) is 9.05. The highest BCUT2D eigenvalue weighted by Gasteiger charge is 2.26. The molecule has 1 aromatic carbocycles. The highest BCUT2D eigenvalue weighted by Crippen LogP contribution is 2.21. The molecule has 20 heavy (non-hydrogen) atoms. The smallest absolute Gasteiger partial charge is 0.407 e. The lowest BCUT2D eigenvalue weighted by Gasteiger charge is -2.26. The Hall–Kier alpha value is -1.65. The fourth-order valence-corrected chi connectivity index (χ4v) is 2.16. The van der Waals surface area contributed by atoms with Crippen LogP contribution in [0.5, 0.6) is 0 Å². The molecule has 1 N–H and O–H groups in total. The van der Waals surface area contributed by atoms with Gasteiger partial charge in [0, 0.05) is 0 Å². The van der Waals surface area contributed by atoms with E-state index in [0.717, 1.165) is 18.4 Å². The number of carbonyl (C=O) groups is 1. The van der Waals surface area contributed by atoms with Gasteiger partial charge >= 0.3 is 6.09 Å². The van der Waals surface area contributed by atoms with Crippen molar-refractivity contribution >= 4 is 6.09 Å². The molecule has 0 aromatic heterocycles. The maximum atomic E-state index is 13.5. The van der Waals surface area contributed by atoms with Crippen molar-refractivity contribution in [3.8, 4) is 0 Å². The van der Waals surface area contributed by atoms with Gasteiger partial charge in [0.25, 0.3) is 0 Å². The van der Waals surface area contributed by atoms with Crippen molar-refractivity contribution < 1.29 is 18.3 Å². The van der Waals surface area contributed by atoms with Crippen LogP contribution in [0.1, 0.15) is 31.2 Å². The molecule has 1 fully saturated rings. The third-order valence-electron chi connectivity index (χ3n) is 3.20. The Morgan fingerprint density at radius 1 is 1.25 bits per heavy atom. The first-order chi connectivity index (χ1) is 9.75. The molecular weight excluding hydrogens is 264 g/mol. The van der Waals surface area contributed by atoms with E-state index < -0.39 is 12.3 Å². The molecule has 1 aromatic rings. The fourth-order valence-electron chi connectivity index (χ4n) is 2.16. The molecule has 1 aliphatic carbocycles. The van der Waals surface area contributed by atoms with Gasteiger partial charge in [-0.15, -0.1) is 0 Å². The van der Waals surface area contributed by atoms with Crippen molar-refractivity contribution in [3.63, 3.8) is 0 Å². The number of carbonyl (C=O) groups excluding carboxylic acids is 1. The topological polar surface area (TPSA) is 38.3 Å². The molecule has 0 aliphatic heterocycles. The number of halogens is 2. The first-order valence-electron chi connectivity index (χ1n) is 6.75. The number of ether oxygens (including phenoxy) is 1. The summed E-state index contributed by atoms with van der Waals surface area (Å²) in [5, 5.41) is 2.60. The highest BCUT2D eigenvalue weighted by atomic mass is 19.1. The molecule has 0 radical (unpaired) electrons. The second-order valence-corrected chi connectivity index (χ2v) is 4.61. The molecule has 2 atom stereocenters. The molecule has 0 spiro atoms. The Morgan fingerprint density at radius 3 is 2.55 bits per heavy atom. The molecular formula is C15H21F2NO2. The van der Waals surface area contributed by atoms with Crippen LogP contribution in [0.15, 0.2) is 30.3 Å². The van der Waals surface area contributed by atoms with Crippen LogP contribution in [-0.2, 0) is 11.3 Å². The van der Waals surface area contributed by atoms with Crippen molar-refractivity contribution in [2.45, 2.75) is 44.5 Å². The Kier molecular flexibility index (Phi) is 7.62. The van der Waals surface area contributed by atoms with Crippen molar-refractivity contribution in [1.82, 2.24) is 5.32 Å². The Morgan fingerprint density at radius 2 is 1.90 bits per heavy atom. The third kappa shape index (κ3) is 5.55. The third-order valence-corrected chi connectivity index (χ3v) is 3.20. The Bertz CT molecular complexity index is 387. The van der Waals surface area contributed by atoms with E-state index in [1.165, 1.54) is 0 Å². The summed E-state index contributed by atoms with van der Waals surface area (Å²) in [5.74, 6) is 0. The van der Waals surface area contributed by atoms with Gasteiger partial charge in [0.15, 0.2) is 0 Å². The standard InChI is InChI=1S/C14H18FNO2.CH3F/c15-12-8-4-5-9-13(12)16-14(17)18-10-11-6-2-1-3-7-11;1-2/h1-3,6-7,12-13H,4-5,8-10H2,(H,16,17);1H3. The van der Waals surface area contributed by atoms with Gasteiger partial charge < -0.3 is 10.1 Å². The van der Waals surface area contributed by atoms with Crippen LogP contribution in [0.4, 0.5) is 13.6 Å². The molecule has 1 saturated carbocycles. The van der Waals surface area contributed by atoms with E-state index in [1.54, 1.807) is 0 Å². The van der Waals surface area contributed by atoms with E-state index in [0.29, 0.717) is 20.0 Å². The SMILES string of the molecule is CF.O=C(NC1CCCCC1F)OCc1ccccc1. The first kappa shape index (κ1) is 16.4. The largest absolute Gasteiger partial charge is 0.445 e. The van der Waals surface area contributed by atoms with Crippen molar-refractivity contribution in [2.75, 3.05) is 7.18 Å². The minimum absolute atomic E-state index is 0.219. The lowest BCUT2D eigenvalue weighted by Crippen LogP contribution is -2.43. The van der Waals surface area contributed by atoms with Gasteiger partial charge in [-0.3, -0.25) is 4.39 Å². The van der Waals surface area contributed by atoms with Gasteiger partial charge in [-0.2, -0.15) is 0 Å². The van der Waals surface area contributed by atoms with Crippen LogP contribution in [0.3, 0.4) is 0 Å². The van der Waals surface area contributed by atoms with Crippen LogP contribution in [0.25, 0.3) is 0 Å². The number of hydrogen-bond donors (Lipinski definition) is 1. The Balaban J connectivity index is 0.000000956. The zero-order chi connectivity index (χ0) is 14.8. The zero-order valence-corrected chi connectivity index (χ0v) is 11.6. The monoisotopic (exact) mass is 285 g/mol. The molecule has 0 bridgehead atoms. The first-order valence-corrected chi connectivity index (χ1v) is 6.75. The number of hydrogen-bond acceptors (Lipinski definition) is 2. The van der Waals surface area contributed by atoms with E-state index in [1.807, 2.05) is 30.3 Å². The zero-order valence-electron chi connectivity index (χ0n) is 11.6. The molecule has 112 valence electrons. The minimum Gasteiger partial charge on any atom is -0.445 e. The average Bonchev–Trinajstić information content (AvgIpc) is 2.51. The molecule has 2 unspecified atom stereocenters. The maximum Gasteiger partial charge on any atom is 0.407 e. The van der Waals surface area contributed by atoms with Crippen LogP contribution in [0.2, 0.25) is 0 Å². The lowest BCUT2D eigenvalue weighted by atomic mass is 9.94. The van der Waals surface area contributed by atoms with E-state index >= 15 is 0 Å². The number of alkyl halides is 2. The summed E-state index contributed by atoms with van der Waals surface area (Å²) >= 11 is 0.